The average molecular weight is 565 g/mol. The lowest BCUT2D eigenvalue weighted by Gasteiger charge is -2.36. The molecule has 0 saturated carbocycles. The van der Waals surface area contributed by atoms with Gasteiger partial charge in [-0.15, -0.1) is 0 Å². The first kappa shape index (κ1) is 27.4. The van der Waals surface area contributed by atoms with E-state index in [0.717, 1.165) is 45.7 Å². The van der Waals surface area contributed by atoms with Crippen LogP contribution in [0.15, 0.2) is 61.3 Å². The van der Waals surface area contributed by atoms with Crippen molar-refractivity contribution >= 4 is 45.4 Å². The van der Waals surface area contributed by atoms with Crippen molar-refractivity contribution in [1.29, 1.82) is 0 Å². The molecule has 2 aromatic carbocycles. The van der Waals surface area contributed by atoms with E-state index in [2.05, 4.69) is 73.5 Å². The molecule has 0 atom stereocenters. The molecule has 0 radical (unpaired) electrons. The van der Waals surface area contributed by atoms with E-state index in [9.17, 15) is 4.79 Å². The van der Waals surface area contributed by atoms with Crippen LogP contribution in [0.1, 0.15) is 37.5 Å². The fourth-order valence-electron chi connectivity index (χ4n) is 5.29. The summed E-state index contributed by atoms with van der Waals surface area (Å²) in [5.41, 5.74) is 7.06. The number of rotatable bonds is 5. The number of nitrogens with one attached hydrogen (secondary N) is 1. The van der Waals surface area contributed by atoms with Crippen LogP contribution in [-0.4, -0.2) is 67.3 Å². The lowest BCUT2D eigenvalue weighted by atomic mass is 9.99. The van der Waals surface area contributed by atoms with Gasteiger partial charge in [-0.1, -0.05) is 12.1 Å². The van der Waals surface area contributed by atoms with E-state index in [0.29, 0.717) is 26.2 Å². The summed E-state index contributed by atoms with van der Waals surface area (Å²) >= 11 is 0. The summed E-state index contributed by atoms with van der Waals surface area (Å²) < 4.78 is 7.57. The number of pyridine rings is 1. The molecular formula is C32H36N8O2. The maximum absolute atomic E-state index is 12.5. The molecule has 1 aliphatic heterocycles. The van der Waals surface area contributed by atoms with Crippen molar-refractivity contribution in [3.8, 4) is 0 Å². The van der Waals surface area contributed by atoms with Gasteiger partial charge in [0, 0.05) is 44.3 Å². The minimum atomic E-state index is -0.509. The number of carbonyl (C=O) groups is 1. The second-order valence-electron chi connectivity index (χ2n) is 11.9. The minimum absolute atomic E-state index is 0.274. The zero-order valence-corrected chi connectivity index (χ0v) is 24.8. The predicted octanol–water partition coefficient (Wildman–Crippen LogP) is 5.61. The normalized spacial score (nSPS) is 14.0. The zero-order chi connectivity index (χ0) is 29.4. The van der Waals surface area contributed by atoms with Crippen molar-refractivity contribution in [2.75, 3.05) is 36.4 Å². The quantitative estimate of drug-likeness (QED) is 0.294. The first-order chi connectivity index (χ1) is 20.1. The number of anilines is 3. The molecule has 6 rings (SSSR count). The summed E-state index contributed by atoms with van der Waals surface area (Å²) in [7, 11) is 2.01. The van der Waals surface area contributed by atoms with Crippen molar-refractivity contribution in [3.05, 3.63) is 78.0 Å². The van der Waals surface area contributed by atoms with Crippen LogP contribution >= 0.6 is 0 Å². The number of hydrogen-bond acceptors (Lipinski definition) is 8. The molecule has 0 bridgehead atoms. The number of aryl methyl sites for hydroxylation is 2. The van der Waals surface area contributed by atoms with Crippen LogP contribution in [0.3, 0.4) is 0 Å². The Morgan fingerprint density at radius 2 is 1.76 bits per heavy atom. The van der Waals surface area contributed by atoms with Gasteiger partial charge in [-0.25, -0.2) is 24.7 Å². The molecule has 1 N–H and O–H groups in total. The molecule has 1 amide bonds. The SMILES string of the molecule is Cc1cc(Nc2ncnc3cnc(N4CCN(C(=O)OC(C)(C)C)CC4)cc23)ccc1Cc1ccc2c(c1)ncn2C. The summed E-state index contributed by atoms with van der Waals surface area (Å²) in [6, 6.07) is 14.9. The Balaban J connectivity index is 1.16. The van der Waals surface area contributed by atoms with Crippen LogP contribution in [0.25, 0.3) is 21.9 Å². The molecule has 10 heteroatoms. The van der Waals surface area contributed by atoms with Gasteiger partial charge < -0.3 is 24.4 Å². The van der Waals surface area contributed by atoms with E-state index >= 15 is 0 Å². The predicted molar refractivity (Wildman–Crippen MR) is 165 cm³/mol. The van der Waals surface area contributed by atoms with Gasteiger partial charge in [0.15, 0.2) is 0 Å². The molecule has 0 unspecified atom stereocenters. The van der Waals surface area contributed by atoms with Crippen LogP contribution < -0.4 is 10.2 Å². The topological polar surface area (TPSA) is 101 Å². The van der Waals surface area contributed by atoms with Crippen LogP contribution in [-0.2, 0) is 18.2 Å². The Hall–Kier alpha value is -4.73. The number of hydrogen-bond donors (Lipinski definition) is 1. The highest BCUT2D eigenvalue weighted by Crippen LogP contribution is 2.28. The van der Waals surface area contributed by atoms with E-state index in [1.54, 1.807) is 17.4 Å². The van der Waals surface area contributed by atoms with Crippen LogP contribution in [0.2, 0.25) is 0 Å². The molecule has 216 valence electrons. The number of imidazole rings is 1. The van der Waals surface area contributed by atoms with Gasteiger partial charge in [-0.3, -0.25) is 0 Å². The van der Waals surface area contributed by atoms with Crippen molar-refractivity contribution in [1.82, 2.24) is 29.4 Å². The molecule has 1 aliphatic rings. The molecule has 3 aromatic heterocycles. The maximum Gasteiger partial charge on any atom is 0.410 e. The number of piperazine rings is 1. The molecule has 10 nitrogen and oxygen atoms in total. The highest BCUT2D eigenvalue weighted by molar-refractivity contribution is 5.92. The third-order valence-electron chi connectivity index (χ3n) is 7.55. The third-order valence-corrected chi connectivity index (χ3v) is 7.55. The first-order valence-electron chi connectivity index (χ1n) is 14.2. The molecular weight excluding hydrogens is 528 g/mol. The summed E-state index contributed by atoms with van der Waals surface area (Å²) in [4.78, 5) is 34.6. The molecule has 1 saturated heterocycles. The molecule has 42 heavy (non-hydrogen) atoms. The number of carbonyl (C=O) groups excluding carboxylic acids is 1. The van der Waals surface area contributed by atoms with Crippen LogP contribution in [0.5, 0.6) is 0 Å². The Labute approximate surface area is 245 Å². The highest BCUT2D eigenvalue weighted by atomic mass is 16.6. The fraction of sp³-hybridized carbons (Fsp3) is 0.344. The number of ether oxygens (including phenoxy) is 1. The van der Waals surface area contributed by atoms with E-state index < -0.39 is 5.60 Å². The number of nitrogens with zero attached hydrogens (tertiary/aromatic N) is 7. The smallest absolute Gasteiger partial charge is 0.410 e. The van der Waals surface area contributed by atoms with Gasteiger partial charge in [0.1, 0.15) is 23.6 Å². The number of amides is 1. The fourth-order valence-corrected chi connectivity index (χ4v) is 5.29. The monoisotopic (exact) mass is 564 g/mol. The summed E-state index contributed by atoms with van der Waals surface area (Å²) in [6.45, 7) is 10.3. The second-order valence-corrected chi connectivity index (χ2v) is 11.9. The number of fused-ring (bicyclic) bond motifs is 2. The Morgan fingerprint density at radius 3 is 2.52 bits per heavy atom. The van der Waals surface area contributed by atoms with E-state index in [4.69, 9.17) is 4.74 Å². The largest absolute Gasteiger partial charge is 0.444 e. The maximum atomic E-state index is 12.5. The van der Waals surface area contributed by atoms with Crippen LogP contribution in [0.4, 0.5) is 22.1 Å². The van der Waals surface area contributed by atoms with E-state index in [1.807, 2.05) is 44.8 Å². The van der Waals surface area contributed by atoms with Crippen molar-refractivity contribution in [2.45, 2.75) is 39.7 Å². The van der Waals surface area contributed by atoms with E-state index in [-0.39, 0.29) is 6.09 Å². The van der Waals surface area contributed by atoms with Crippen molar-refractivity contribution < 1.29 is 9.53 Å². The number of aromatic nitrogens is 5. The standard InChI is InChI=1S/C32H36N8O2/c1-21-14-24(8-7-23(21)15-22-6-9-28-26(16-22)36-20-38(28)5)37-30-25-17-29(33-18-27(25)34-19-35-30)39-10-12-40(13-11-39)31(41)42-32(2,3)4/h6-9,14,16-20H,10-13,15H2,1-5H3,(H,34,35,37). The summed E-state index contributed by atoms with van der Waals surface area (Å²) in [5.74, 6) is 1.56. The van der Waals surface area contributed by atoms with Gasteiger partial charge in [-0.05, 0) is 81.1 Å². The summed E-state index contributed by atoms with van der Waals surface area (Å²) in [5, 5.41) is 4.39. The Bertz CT molecular complexity index is 1770. The minimum Gasteiger partial charge on any atom is -0.444 e. The number of benzene rings is 2. The van der Waals surface area contributed by atoms with E-state index in [1.165, 1.54) is 16.7 Å². The highest BCUT2D eigenvalue weighted by Gasteiger charge is 2.26. The van der Waals surface area contributed by atoms with Gasteiger partial charge in [-0.2, -0.15) is 0 Å². The van der Waals surface area contributed by atoms with Gasteiger partial charge in [0.05, 0.1) is 29.1 Å². The molecule has 1 fully saturated rings. The first-order valence-corrected chi connectivity index (χ1v) is 14.2. The zero-order valence-electron chi connectivity index (χ0n) is 24.8. The molecule has 4 heterocycles. The third kappa shape index (κ3) is 5.83. The summed E-state index contributed by atoms with van der Waals surface area (Å²) in [6.07, 6.45) is 5.75. The van der Waals surface area contributed by atoms with Gasteiger partial charge >= 0.3 is 6.09 Å². The van der Waals surface area contributed by atoms with Crippen LogP contribution in [0, 0.1) is 6.92 Å². The Kier molecular flexibility index (Phi) is 7.14. The molecule has 0 aliphatic carbocycles. The van der Waals surface area contributed by atoms with Gasteiger partial charge in [0.25, 0.3) is 0 Å². The lowest BCUT2D eigenvalue weighted by Crippen LogP contribution is -2.50. The van der Waals surface area contributed by atoms with Gasteiger partial charge in [0.2, 0.25) is 0 Å². The second kappa shape index (κ2) is 10.9. The average Bonchev–Trinajstić information content (AvgIpc) is 3.33. The lowest BCUT2D eigenvalue weighted by molar-refractivity contribution is 0.0240. The molecule has 0 spiro atoms. The Morgan fingerprint density at radius 1 is 0.952 bits per heavy atom. The van der Waals surface area contributed by atoms with Crippen molar-refractivity contribution in [2.24, 2.45) is 7.05 Å². The van der Waals surface area contributed by atoms with Crippen molar-refractivity contribution in [3.63, 3.8) is 0 Å². The molecule has 5 aromatic rings.